The summed E-state index contributed by atoms with van der Waals surface area (Å²) in [6.07, 6.45) is 1.76. The highest BCUT2D eigenvalue weighted by Gasteiger charge is 2.27. The molecule has 1 aliphatic rings. The first-order valence-corrected chi connectivity index (χ1v) is 13.6. The Labute approximate surface area is 214 Å². The van der Waals surface area contributed by atoms with Crippen LogP contribution in [-0.4, -0.2) is 45.9 Å². The number of carbonyl (C=O) groups is 2. The molecule has 4 rings (SSSR count). The number of hydrogen-bond donors (Lipinski definition) is 1. The maximum absolute atomic E-state index is 12.9. The second kappa shape index (κ2) is 10.5. The van der Waals surface area contributed by atoms with Crippen molar-refractivity contribution in [2.75, 3.05) is 18.4 Å². The monoisotopic (exact) mass is 512 g/mol. The number of nitrogens with one attached hydrogen (secondary N) is 1. The van der Waals surface area contributed by atoms with Gasteiger partial charge in [-0.3, -0.25) is 14.9 Å². The number of piperidine rings is 1. The van der Waals surface area contributed by atoms with Crippen LogP contribution in [0, 0.1) is 0 Å². The summed E-state index contributed by atoms with van der Waals surface area (Å²) < 4.78 is 5.66. The SMILES string of the molecule is CC(C)Oc1ccc(C(=O)N2CCC(c3nc(C(=O)Nc4nc(C(C)(C)C)cs4)cs3)CC2)cc1. The minimum Gasteiger partial charge on any atom is -0.491 e. The van der Waals surface area contributed by atoms with Gasteiger partial charge in [-0.1, -0.05) is 20.8 Å². The Bertz CT molecular complexity index is 1170. The van der Waals surface area contributed by atoms with Crippen LogP contribution >= 0.6 is 22.7 Å². The number of aromatic nitrogens is 2. The molecule has 1 aromatic carbocycles. The van der Waals surface area contributed by atoms with Crippen LogP contribution in [0.5, 0.6) is 5.75 Å². The molecule has 1 N–H and O–H groups in total. The third-order valence-corrected chi connectivity index (χ3v) is 7.62. The van der Waals surface area contributed by atoms with Crippen molar-refractivity contribution in [1.29, 1.82) is 0 Å². The van der Waals surface area contributed by atoms with E-state index in [4.69, 9.17) is 4.74 Å². The molecule has 1 aliphatic heterocycles. The van der Waals surface area contributed by atoms with Gasteiger partial charge in [-0.25, -0.2) is 9.97 Å². The van der Waals surface area contributed by atoms with E-state index in [1.807, 2.05) is 48.4 Å². The van der Waals surface area contributed by atoms with Gasteiger partial charge < -0.3 is 9.64 Å². The summed E-state index contributed by atoms with van der Waals surface area (Å²) in [5.41, 5.74) is 1.98. The van der Waals surface area contributed by atoms with E-state index in [9.17, 15) is 9.59 Å². The number of likely N-dealkylation sites (tertiary alicyclic amines) is 1. The number of nitrogens with zero attached hydrogens (tertiary/aromatic N) is 3. The number of thiazole rings is 2. The molecule has 0 atom stereocenters. The van der Waals surface area contributed by atoms with Crippen LogP contribution in [0.1, 0.15) is 84.9 Å². The standard InChI is InChI=1S/C26H32N4O3S2/c1-16(2)33-19-8-6-18(7-9-19)24(32)30-12-10-17(11-13-30)23-27-20(14-34-23)22(31)29-25-28-21(15-35-25)26(3,4)5/h6-9,14-17H,10-13H2,1-5H3,(H,28,29,31). The summed E-state index contributed by atoms with van der Waals surface area (Å²) >= 11 is 2.94. The van der Waals surface area contributed by atoms with E-state index in [1.54, 1.807) is 5.38 Å². The van der Waals surface area contributed by atoms with Gasteiger partial charge in [0.05, 0.1) is 16.8 Å². The van der Waals surface area contributed by atoms with Crippen molar-refractivity contribution in [3.8, 4) is 5.75 Å². The molecular formula is C26H32N4O3S2. The molecule has 0 spiro atoms. The van der Waals surface area contributed by atoms with Crippen molar-refractivity contribution in [3.05, 3.63) is 57.0 Å². The lowest BCUT2D eigenvalue weighted by Crippen LogP contribution is -2.37. The third-order valence-electron chi connectivity index (χ3n) is 5.85. The minimum atomic E-state index is -0.236. The lowest BCUT2D eigenvalue weighted by Gasteiger charge is -2.31. The van der Waals surface area contributed by atoms with Gasteiger partial charge in [0, 0.05) is 40.7 Å². The fourth-order valence-corrected chi connectivity index (χ4v) is 5.78. The van der Waals surface area contributed by atoms with Crippen molar-refractivity contribution in [3.63, 3.8) is 0 Å². The molecule has 0 saturated carbocycles. The van der Waals surface area contributed by atoms with E-state index < -0.39 is 0 Å². The highest BCUT2D eigenvalue weighted by atomic mass is 32.1. The van der Waals surface area contributed by atoms with Gasteiger partial charge in [0.15, 0.2) is 5.13 Å². The van der Waals surface area contributed by atoms with Crippen LogP contribution in [-0.2, 0) is 5.41 Å². The number of rotatable bonds is 6. The Hall–Kier alpha value is -2.78. The quantitative estimate of drug-likeness (QED) is 0.441. The lowest BCUT2D eigenvalue weighted by molar-refractivity contribution is 0.0713. The van der Waals surface area contributed by atoms with E-state index >= 15 is 0 Å². The Morgan fingerprint density at radius 3 is 2.34 bits per heavy atom. The fraction of sp³-hybridized carbons (Fsp3) is 0.462. The second-order valence-corrected chi connectivity index (χ2v) is 11.8. The molecular weight excluding hydrogens is 480 g/mol. The van der Waals surface area contributed by atoms with Gasteiger partial charge in [0.25, 0.3) is 11.8 Å². The Morgan fingerprint density at radius 2 is 1.74 bits per heavy atom. The average molecular weight is 513 g/mol. The summed E-state index contributed by atoms with van der Waals surface area (Å²) in [6.45, 7) is 11.6. The normalized spacial score (nSPS) is 14.9. The first-order chi connectivity index (χ1) is 16.6. The van der Waals surface area contributed by atoms with E-state index in [1.165, 1.54) is 22.7 Å². The maximum atomic E-state index is 12.9. The number of amides is 2. The largest absolute Gasteiger partial charge is 0.491 e. The number of benzene rings is 1. The molecule has 9 heteroatoms. The smallest absolute Gasteiger partial charge is 0.276 e. The summed E-state index contributed by atoms with van der Waals surface area (Å²) in [4.78, 5) is 36.6. The van der Waals surface area contributed by atoms with Crippen molar-refractivity contribution in [2.24, 2.45) is 0 Å². The van der Waals surface area contributed by atoms with E-state index in [0.717, 1.165) is 29.3 Å². The Morgan fingerprint density at radius 1 is 1.06 bits per heavy atom. The van der Waals surface area contributed by atoms with Crippen LogP contribution in [0.25, 0.3) is 0 Å². The Kier molecular flexibility index (Phi) is 7.56. The molecule has 2 aromatic heterocycles. The Balaban J connectivity index is 1.31. The van der Waals surface area contributed by atoms with Gasteiger partial charge in [-0.15, -0.1) is 22.7 Å². The van der Waals surface area contributed by atoms with E-state index in [2.05, 4.69) is 36.1 Å². The number of carbonyl (C=O) groups excluding carboxylic acids is 2. The van der Waals surface area contributed by atoms with Gasteiger partial charge in [0.2, 0.25) is 0 Å². The zero-order chi connectivity index (χ0) is 25.2. The average Bonchev–Trinajstić information content (AvgIpc) is 3.49. The van der Waals surface area contributed by atoms with Crippen LogP contribution in [0.3, 0.4) is 0 Å². The molecule has 0 unspecified atom stereocenters. The van der Waals surface area contributed by atoms with Gasteiger partial charge in [-0.2, -0.15) is 0 Å². The van der Waals surface area contributed by atoms with Crippen LogP contribution < -0.4 is 10.1 Å². The molecule has 7 nitrogen and oxygen atoms in total. The molecule has 3 heterocycles. The molecule has 1 fully saturated rings. The third kappa shape index (κ3) is 6.27. The molecule has 186 valence electrons. The van der Waals surface area contributed by atoms with Crippen LogP contribution in [0.4, 0.5) is 5.13 Å². The summed E-state index contributed by atoms with van der Waals surface area (Å²) in [7, 11) is 0. The van der Waals surface area contributed by atoms with Gasteiger partial charge >= 0.3 is 0 Å². The lowest BCUT2D eigenvalue weighted by atomic mass is 9.93. The van der Waals surface area contributed by atoms with E-state index in [-0.39, 0.29) is 29.3 Å². The minimum absolute atomic E-state index is 0.0387. The maximum Gasteiger partial charge on any atom is 0.276 e. The van der Waals surface area contributed by atoms with Crippen molar-refractivity contribution in [1.82, 2.24) is 14.9 Å². The highest BCUT2D eigenvalue weighted by molar-refractivity contribution is 7.14. The highest BCUT2D eigenvalue weighted by Crippen LogP contribution is 2.32. The van der Waals surface area contributed by atoms with Gasteiger partial charge in [0.1, 0.15) is 11.4 Å². The zero-order valence-corrected chi connectivity index (χ0v) is 22.5. The number of ether oxygens (including phenoxy) is 1. The molecule has 35 heavy (non-hydrogen) atoms. The van der Waals surface area contributed by atoms with Gasteiger partial charge in [-0.05, 0) is 51.0 Å². The van der Waals surface area contributed by atoms with Crippen molar-refractivity contribution in [2.45, 2.75) is 64.9 Å². The van der Waals surface area contributed by atoms with Crippen molar-refractivity contribution >= 4 is 39.6 Å². The van der Waals surface area contributed by atoms with Crippen molar-refractivity contribution < 1.29 is 14.3 Å². The molecule has 3 aromatic rings. The first kappa shape index (κ1) is 25.3. The molecule has 2 amide bonds. The predicted molar refractivity (Wildman–Crippen MR) is 141 cm³/mol. The molecule has 1 saturated heterocycles. The summed E-state index contributed by atoms with van der Waals surface area (Å²) in [5, 5.41) is 8.20. The molecule has 0 aliphatic carbocycles. The second-order valence-electron chi connectivity index (χ2n) is 10.1. The predicted octanol–water partition coefficient (Wildman–Crippen LogP) is 5.96. The molecule has 0 radical (unpaired) electrons. The molecule has 0 bridgehead atoms. The first-order valence-electron chi connectivity index (χ1n) is 11.9. The zero-order valence-electron chi connectivity index (χ0n) is 20.8. The number of hydrogen-bond acceptors (Lipinski definition) is 7. The summed E-state index contributed by atoms with van der Waals surface area (Å²) in [5.74, 6) is 0.819. The van der Waals surface area contributed by atoms with E-state index in [0.29, 0.717) is 29.5 Å². The fourth-order valence-electron chi connectivity index (χ4n) is 3.88. The van der Waals surface area contributed by atoms with Crippen LogP contribution in [0.15, 0.2) is 35.0 Å². The van der Waals surface area contributed by atoms with Crippen LogP contribution in [0.2, 0.25) is 0 Å². The summed E-state index contributed by atoms with van der Waals surface area (Å²) in [6, 6.07) is 7.34. The topological polar surface area (TPSA) is 84.4 Å². The number of anilines is 1.